The van der Waals surface area contributed by atoms with Gasteiger partial charge in [-0.05, 0) is 0 Å². The molecule has 0 heterocycles. The topological polar surface area (TPSA) is 0 Å². The Labute approximate surface area is 106 Å². The average molecular weight is 293 g/mol. The van der Waals surface area contributed by atoms with Crippen molar-refractivity contribution in [1.29, 1.82) is 0 Å². The second-order valence-electron chi connectivity index (χ2n) is 4.39. The van der Waals surface area contributed by atoms with Crippen LogP contribution < -0.4 is 0 Å². The normalized spacial score (nSPS) is 11.0. The molecule has 0 aliphatic rings. The summed E-state index contributed by atoms with van der Waals surface area (Å²) in [5, 5.41) is 0. The van der Waals surface area contributed by atoms with Crippen molar-refractivity contribution in [3.8, 4) is 0 Å². The Bertz CT molecular complexity index is 126. The fourth-order valence-corrected chi connectivity index (χ4v) is 3.01. The van der Waals surface area contributed by atoms with Crippen molar-refractivity contribution in [3.63, 3.8) is 0 Å². The van der Waals surface area contributed by atoms with Crippen LogP contribution in [0.1, 0.15) is 77.6 Å². The van der Waals surface area contributed by atoms with E-state index in [1.807, 2.05) is 0 Å². The maximum absolute atomic E-state index is 3.05. The van der Waals surface area contributed by atoms with Crippen molar-refractivity contribution in [2.24, 2.45) is 0 Å². The molecule has 90 valence electrons. The van der Waals surface area contributed by atoms with Crippen LogP contribution in [0.4, 0.5) is 0 Å². The molecule has 0 N–H and O–H groups in total. The van der Waals surface area contributed by atoms with E-state index in [-0.39, 0.29) is 0 Å². The van der Waals surface area contributed by atoms with Gasteiger partial charge in [0.15, 0.2) is 0 Å². The third kappa shape index (κ3) is 14.8. The fraction of sp³-hybridized carbons (Fsp3) is 1.00. The third-order valence-corrected chi connectivity index (χ3v) is 4.50. The van der Waals surface area contributed by atoms with Crippen LogP contribution >= 0.6 is 6.83 Å². The number of rotatable bonds is 12. The number of hydrogen-bond donors (Lipinski definition) is 0. The summed E-state index contributed by atoms with van der Waals surface area (Å²) in [7, 11) is 0. The molecule has 0 aliphatic heterocycles. The Morgan fingerprint density at radius 2 is 1.07 bits per heavy atom. The van der Waals surface area contributed by atoms with Gasteiger partial charge in [0, 0.05) is 0 Å². The van der Waals surface area contributed by atoms with Crippen LogP contribution in [-0.4, -0.2) is 21.3 Å². The van der Waals surface area contributed by atoms with Gasteiger partial charge in [0.2, 0.25) is 0 Å². The molecule has 0 unspecified atom stereocenters. The summed E-state index contributed by atoms with van der Waals surface area (Å²) in [5.74, 6) is 0. The second kappa shape index (κ2) is 14.8. The van der Waals surface area contributed by atoms with Crippen LogP contribution in [0.5, 0.6) is 0 Å². The molecule has 0 saturated heterocycles. The van der Waals surface area contributed by atoms with Gasteiger partial charge in [0.1, 0.15) is 0 Å². The van der Waals surface area contributed by atoms with Crippen molar-refractivity contribution in [1.82, 2.24) is 0 Å². The van der Waals surface area contributed by atoms with Gasteiger partial charge < -0.3 is 0 Å². The molecule has 0 aromatic carbocycles. The zero-order valence-electron chi connectivity index (χ0n) is 10.3. The zero-order chi connectivity index (χ0) is 11.2. The van der Waals surface area contributed by atoms with Gasteiger partial charge in [0.25, 0.3) is 0 Å². The molecule has 0 spiro atoms. The van der Waals surface area contributed by atoms with Gasteiger partial charge in [-0.3, -0.25) is 0 Å². The van der Waals surface area contributed by atoms with Crippen LogP contribution in [0.3, 0.4) is 0 Å². The molecule has 0 nitrogen and oxygen atoms in total. The molecule has 0 aliphatic carbocycles. The standard InChI is InChI=1S/C13H27PSe/c1-2-3-4-5-6-7-8-9-10-11-12-13-14-15/h2-13H2,1H3. The quantitative estimate of drug-likeness (QED) is 0.259. The van der Waals surface area contributed by atoms with Gasteiger partial charge in [-0.25, -0.2) is 0 Å². The van der Waals surface area contributed by atoms with Gasteiger partial charge >= 0.3 is 92.3 Å². The first kappa shape index (κ1) is 15.8. The molecule has 0 bridgehead atoms. The van der Waals surface area contributed by atoms with Crippen molar-refractivity contribution in [2.75, 3.05) is 6.16 Å². The summed E-state index contributed by atoms with van der Waals surface area (Å²) < 4.78 is 0. The van der Waals surface area contributed by atoms with E-state index in [0.717, 1.165) is 0 Å². The Hall–Kier alpha value is 0.819. The third-order valence-electron chi connectivity index (χ3n) is 2.85. The molecular formula is C13H27PSe. The molecule has 0 aromatic heterocycles. The Morgan fingerprint density at radius 1 is 0.667 bits per heavy atom. The van der Waals surface area contributed by atoms with E-state index in [1.54, 1.807) is 0 Å². The van der Waals surface area contributed by atoms with Gasteiger partial charge in [0.05, 0.1) is 0 Å². The van der Waals surface area contributed by atoms with Crippen LogP contribution in [-0.2, 0) is 0 Å². The van der Waals surface area contributed by atoms with E-state index < -0.39 is 0 Å². The van der Waals surface area contributed by atoms with Crippen LogP contribution in [0.25, 0.3) is 0 Å². The summed E-state index contributed by atoms with van der Waals surface area (Å²) >= 11 is 3.05. The number of unbranched alkanes of at least 4 members (excludes halogenated alkanes) is 10. The molecule has 0 saturated carbocycles. The SMILES string of the molecule is CCCCCCCCCCCCCP=[Se]. The molecule has 2 heteroatoms. The first-order valence-electron chi connectivity index (χ1n) is 6.71. The average Bonchev–Trinajstić information content (AvgIpc) is 2.26. The molecule has 0 fully saturated rings. The summed E-state index contributed by atoms with van der Waals surface area (Å²) in [4.78, 5) is 0. The summed E-state index contributed by atoms with van der Waals surface area (Å²) in [6.45, 7) is 3.74. The minimum atomic E-state index is 1.36. The maximum atomic E-state index is 3.05. The zero-order valence-corrected chi connectivity index (χ0v) is 12.9. The second-order valence-corrected chi connectivity index (χ2v) is 6.72. The number of hydrogen-bond acceptors (Lipinski definition) is 0. The van der Waals surface area contributed by atoms with Crippen LogP contribution in [0.2, 0.25) is 0 Å². The minimum absolute atomic E-state index is 1.36. The summed E-state index contributed by atoms with van der Waals surface area (Å²) in [5.41, 5.74) is 0. The predicted molar refractivity (Wildman–Crippen MR) is 74.0 cm³/mol. The Morgan fingerprint density at radius 3 is 1.47 bits per heavy atom. The monoisotopic (exact) mass is 294 g/mol. The molecule has 0 amide bonds. The summed E-state index contributed by atoms with van der Waals surface area (Å²) in [6.07, 6.45) is 17.3. The van der Waals surface area contributed by atoms with E-state index in [4.69, 9.17) is 0 Å². The molecule has 0 rings (SSSR count). The van der Waals surface area contributed by atoms with Crippen molar-refractivity contribution in [2.45, 2.75) is 77.6 Å². The van der Waals surface area contributed by atoms with Gasteiger partial charge in [-0.2, -0.15) is 0 Å². The molecule has 0 radical (unpaired) electrons. The van der Waals surface area contributed by atoms with Gasteiger partial charge in [-0.15, -0.1) is 0 Å². The summed E-state index contributed by atoms with van der Waals surface area (Å²) in [6, 6.07) is 0. The molecule has 0 aromatic rings. The first-order valence-corrected chi connectivity index (χ1v) is 10.0. The van der Waals surface area contributed by atoms with Gasteiger partial charge in [-0.1, -0.05) is 13.3 Å². The molecule has 0 atom stereocenters. The first-order chi connectivity index (χ1) is 7.41. The van der Waals surface area contributed by atoms with Crippen LogP contribution in [0.15, 0.2) is 0 Å². The van der Waals surface area contributed by atoms with Crippen molar-refractivity contribution >= 4 is 21.9 Å². The van der Waals surface area contributed by atoms with E-state index >= 15 is 0 Å². The van der Waals surface area contributed by atoms with E-state index in [2.05, 4.69) is 22.0 Å². The van der Waals surface area contributed by atoms with Crippen LogP contribution in [0, 0.1) is 0 Å². The Balaban J connectivity index is 2.83. The molecule has 15 heavy (non-hydrogen) atoms. The molecular weight excluding hydrogens is 266 g/mol. The van der Waals surface area contributed by atoms with Crippen molar-refractivity contribution in [3.05, 3.63) is 0 Å². The predicted octanol–water partition coefficient (Wildman–Crippen LogP) is 5.33. The van der Waals surface area contributed by atoms with Crippen molar-refractivity contribution < 1.29 is 0 Å². The Kier molecular flexibility index (Phi) is 15.6. The fourth-order valence-electron chi connectivity index (χ4n) is 1.84. The van der Waals surface area contributed by atoms with E-state index in [9.17, 15) is 0 Å². The van der Waals surface area contributed by atoms with E-state index in [1.165, 1.54) is 83.6 Å². The van der Waals surface area contributed by atoms with E-state index in [0.29, 0.717) is 0 Å².